The average molecular weight is 304 g/mol. The number of rotatable bonds is 1. The summed E-state index contributed by atoms with van der Waals surface area (Å²) < 4.78 is 0.918. The Morgan fingerprint density at radius 1 is 1.06 bits per heavy atom. The van der Waals surface area contributed by atoms with Gasteiger partial charge in [0.15, 0.2) is 0 Å². The number of halogens is 1. The van der Waals surface area contributed by atoms with Crippen LogP contribution < -0.4 is 4.90 Å². The fourth-order valence-corrected chi connectivity index (χ4v) is 2.54. The van der Waals surface area contributed by atoms with Crippen LogP contribution in [0.1, 0.15) is 17.5 Å². The van der Waals surface area contributed by atoms with E-state index in [4.69, 9.17) is 0 Å². The first-order valence-corrected chi connectivity index (χ1v) is 6.91. The topological polar surface area (TPSA) is 29.0 Å². The van der Waals surface area contributed by atoms with Crippen molar-refractivity contribution in [2.75, 3.05) is 11.4 Å². The Morgan fingerprint density at radius 3 is 2.56 bits per heavy atom. The number of aromatic nitrogens is 2. The number of aryl methyl sites for hydroxylation is 1. The van der Waals surface area contributed by atoms with Crippen molar-refractivity contribution in [1.82, 2.24) is 9.97 Å². The standard InChI is InChI=1S/C14H14BrN3/c15-13-8-16-14(17-9-13)18-7-3-6-11-4-1-2-5-12(11)10-18/h1-2,4-5,8-9H,3,6-7,10H2. The maximum Gasteiger partial charge on any atom is 0.225 e. The van der Waals surface area contributed by atoms with Crippen molar-refractivity contribution in [3.8, 4) is 0 Å². The Hall–Kier alpha value is -1.42. The van der Waals surface area contributed by atoms with E-state index in [-0.39, 0.29) is 0 Å². The first kappa shape index (κ1) is 11.7. The van der Waals surface area contributed by atoms with Gasteiger partial charge in [-0.1, -0.05) is 24.3 Å². The third-order valence-corrected chi connectivity index (χ3v) is 3.65. The Balaban J connectivity index is 1.89. The van der Waals surface area contributed by atoms with Gasteiger partial charge in [0.2, 0.25) is 5.95 Å². The molecule has 0 saturated carbocycles. The molecule has 0 atom stereocenters. The Morgan fingerprint density at radius 2 is 1.78 bits per heavy atom. The van der Waals surface area contributed by atoms with Crippen molar-refractivity contribution in [2.45, 2.75) is 19.4 Å². The van der Waals surface area contributed by atoms with E-state index in [1.807, 2.05) is 0 Å². The van der Waals surface area contributed by atoms with E-state index >= 15 is 0 Å². The lowest BCUT2D eigenvalue weighted by molar-refractivity contribution is 0.740. The van der Waals surface area contributed by atoms with Crippen LogP contribution in [0.15, 0.2) is 41.1 Å². The maximum atomic E-state index is 4.38. The lowest BCUT2D eigenvalue weighted by atomic mass is 10.0. The number of anilines is 1. The van der Waals surface area contributed by atoms with Crippen LogP contribution >= 0.6 is 15.9 Å². The van der Waals surface area contributed by atoms with Gasteiger partial charge in [0.05, 0.1) is 4.47 Å². The van der Waals surface area contributed by atoms with E-state index in [1.165, 1.54) is 11.1 Å². The van der Waals surface area contributed by atoms with E-state index in [9.17, 15) is 0 Å². The van der Waals surface area contributed by atoms with Gasteiger partial charge in [-0.3, -0.25) is 0 Å². The van der Waals surface area contributed by atoms with Crippen molar-refractivity contribution in [1.29, 1.82) is 0 Å². The first-order chi connectivity index (χ1) is 8.83. The molecule has 3 rings (SSSR count). The van der Waals surface area contributed by atoms with Crippen molar-refractivity contribution >= 4 is 21.9 Å². The molecular formula is C14H14BrN3. The summed E-state index contributed by atoms with van der Waals surface area (Å²) in [5, 5.41) is 0. The van der Waals surface area contributed by atoms with Crippen LogP contribution in [0, 0.1) is 0 Å². The summed E-state index contributed by atoms with van der Waals surface area (Å²) in [6.45, 7) is 1.91. The molecule has 0 radical (unpaired) electrons. The first-order valence-electron chi connectivity index (χ1n) is 6.12. The maximum absolute atomic E-state index is 4.38. The monoisotopic (exact) mass is 303 g/mol. The molecule has 0 fully saturated rings. The number of hydrogen-bond acceptors (Lipinski definition) is 3. The summed E-state index contributed by atoms with van der Waals surface area (Å²) >= 11 is 3.37. The molecule has 0 bridgehead atoms. The highest BCUT2D eigenvalue weighted by Crippen LogP contribution is 2.21. The van der Waals surface area contributed by atoms with Crippen molar-refractivity contribution in [2.24, 2.45) is 0 Å². The SMILES string of the molecule is Brc1cnc(N2CCCc3ccccc3C2)nc1. The van der Waals surface area contributed by atoms with Crippen LogP contribution in [0.5, 0.6) is 0 Å². The van der Waals surface area contributed by atoms with Crippen molar-refractivity contribution in [3.63, 3.8) is 0 Å². The molecule has 1 aliphatic heterocycles. The third kappa shape index (κ3) is 2.38. The summed E-state index contributed by atoms with van der Waals surface area (Å²) in [6, 6.07) is 8.64. The zero-order chi connectivity index (χ0) is 12.4. The molecule has 92 valence electrons. The molecule has 0 spiro atoms. The molecule has 0 saturated heterocycles. The molecule has 18 heavy (non-hydrogen) atoms. The molecule has 0 aliphatic carbocycles. The van der Waals surface area contributed by atoms with Gasteiger partial charge >= 0.3 is 0 Å². The molecular weight excluding hydrogens is 290 g/mol. The normalized spacial score (nSPS) is 15.1. The molecule has 4 heteroatoms. The number of benzene rings is 1. The highest BCUT2D eigenvalue weighted by molar-refractivity contribution is 9.10. The van der Waals surface area contributed by atoms with E-state index in [2.05, 4.69) is 55.1 Å². The van der Waals surface area contributed by atoms with E-state index in [0.29, 0.717) is 0 Å². The molecule has 1 aromatic carbocycles. The van der Waals surface area contributed by atoms with Crippen LogP contribution in [0.2, 0.25) is 0 Å². The van der Waals surface area contributed by atoms with E-state index in [1.54, 1.807) is 12.4 Å². The van der Waals surface area contributed by atoms with Crippen LogP contribution in [-0.4, -0.2) is 16.5 Å². The highest BCUT2D eigenvalue weighted by atomic mass is 79.9. The number of fused-ring (bicyclic) bond motifs is 1. The van der Waals surface area contributed by atoms with Crippen LogP contribution in [0.3, 0.4) is 0 Å². The van der Waals surface area contributed by atoms with Gasteiger partial charge in [0.25, 0.3) is 0 Å². The summed E-state index contributed by atoms with van der Waals surface area (Å²) in [7, 11) is 0. The van der Waals surface area contributed by atoms with Crippen molar-refractivity contribution in [3.05, 3.63) is 52.3 Å². The van der Waals surface area contributed by atoms with Gasteiger partial charge in [-0.05, 0) is 39.9 Å². The van der Waals surface area contributed by atoms with E-state index < -0.39 is 0 Å². The minimum Gasteiger partial charge on any atom is -0.336 e. The number of nitrogens with zero attached hydrogens (tertiary/aromatic N) is 3. The average Bonchev–Trinajstić information content (AvgIpc) is 2.61. The van der Waals surface area contributed by atoms with Crippen LogP contribution in [0.4, 0.5) is 5.95 Å². The molecule has 0 amide bonds. The van der Waals surface area contributed by atoms with Gasteiger partial charge in [-0.2, -0.15) is 0 Å². The second-order valence-corrected chi connectivity index (χ2v) is 5.41. The third-order valence-electron chi connectivity index (χ3n) is 3.24. The van der Waals surface area contributed by atoms with Crippen molar-refractivity contribution < 1.29 is 0 Å². The fraction of sp³-hybridized carbons (Fsp3) is 0.286. The van der Waals surface area contributed by atoms with Crippen LogP contribution in [-0.2, 0) is 13.0 Å². The minimum atomic E-state index is 0.815. The van der Waals surface area contributed by atoms with Gasteiger partial charge in [0, 0.05) is 25.5 Å². The highest BCUT2D eigenvalue weighted by Gasteiger charge is 2.15. The van der Waals surface area contributed by atoms with E-state index in [0.717, 1.165) is 36.4 Å². The minimum absolute atomic E-state index is 0.815. The molecule has 1 aliphatic rings. The van der Waals surface area contributed by atoms with Gasteiger partial charge in [-0.25, -0.2) is 9.97 Å². The molecule has 3 nitrogen and oxygen atoms in total. The summed E-state index contributed by atoms with van der Waals surface area (Å²) in [5.74, 6) is 0.815. The quantitative estimate of drug-likeness (QED) is 0.810. The Kier molecular flexibility index (Phi) is 3.28. The molecule has 0 N–H and O–H groups in total. The molecule has 2 aromatic rings. The lowest BCUT2D eigenvalue weighted by Gasteiger charge is -2.20. The predicted molar refractivity (Wildman–Crippen MR) is 75.5 cm³/mol. The zero-order valence-corrected chi connectivity index (χ0v) is 11.6. The predicted octanol–water partition coefficient (Wildman–Crippen LogP) is 3.19. The van der Waals surface area contributed by atoms with Crippen LogP contribution in [0.25, 0.3) is 0 Å². The Labute approximate surface area is 115 Å². The molecule has 2 heterocycles. The van der Waals surface area contributed by atoms with Gasteiger partial charge in [0.1, 0.15) is 0 Å². The fourth-order valence-electron chi connectivity index (χ4n) is 2.34. The lowest BCUT2D eigenvalue weighted by Crippen LogP contribution is -2.24. The van der Waals surface area contributed by atoms with Gasteiger partial charge < -0.3 is 4.90 Å². The summed E-state index contributed by atoms with van der Waals surface area (Å²) in [4.78, 5) is 11.0. The second kappa shape index (κ2) is 5.06. The smallest absolute Gasteiger partial charge is 0.225 e. The second-order valence-electron chi connectivity index (χ2n) is 4.50. The zero-order valence-electron chi connectivity index (χ0n) is 10.0. The Bertz CT molecular complexity index is 539. The molecule has 1 aromatic heterocycles. The number of hydrogen-bond donors (Lipinski definition) is 0. The summed E-state index contributed by atoms with van der Waals surface area (Å²) in [5.41, 5.74) is 2.85. The van der Waals surface area contributed by atoms with Gasteiger partial charge in [-0.15, -0.1) is 0 Å². The molecule has 0 unspecified atom stereocenters. The summed E-state index contributed by atoms with van der Waals surface area (Å²) in [6.07, 6.45) is 5.90. The largest absolute Gasteiger partial charge is 0.336 e.